The smallest absolute Gasteiger partial charge is 0.193 e. The van der Waals surface area contributed by atoms with Gasteiger partial charge in [0, 0.05) is 11.1 Å². The molecule has 0 atom stereocenters. The number of fused-ring (bicyclic) bond motifs is 3. The second-order valence-electron chi connectivity index (χ2n) is 5.00. The quantitative estimate of drug-likeness (QED) is 0.675. The molecule has 2 aromatic carbocycles. The third kappa shape index (κ3) is 1.52. The minimum atomic E-state index is 0.155. The van der Waals surface area contributed by atoms with E-state index in [1.165, 1.54) is 5.39 Å². The first-order valence-corrected chi connectivity index (χ1v) is 6.48. The van der Waals surface area contributed by atoms with Crippen molar-refractivity contribution in [3.8, 4) is 0 Å². The number of Topliss-reactive ketones (excluding diaryl/α,β-unsaturated/α-hetero) is 1. The molecule has 0 aliphatic heterocycles. The monoisotopic (exact) mass is 244 g/mol. The topological polar surface area (TPSA) is 17.1 Å². The fourth-order valence-corrected chi connectivity index (χ4v) is 2.84. The molecule has 0 amide bonds. The lowest BCUT2D eigenvalue weighted by Crippen LogP contribution is -2.13. The van der Waals surface area contributed by atoms with Gasteiger partial charge in [-0.15, -0.1) is 0 Å². The Morgan fingerprint density at radius 3 is 2.63 bits per heavy atom. The van der Waals surface area contributed by atoms with Crippen molar-refractivity contribution in [3.63, 3.8) is 0 Å². The third-order valence-electron chi connectivity index (χ3n) is 3.82. The molecule has 4 rings (SSSR count). The summed E-state index contributed by atoms with van der Waals surface area (Å²) in [5, 5.41) is 2.31. The lowest BCUT2D eigenvalue weighted by molar-refractivity contribution is 0.103. The molecule has 19 heavy (non-hydrogen) atoms. The van der Waals surface area contributed by atoms with Crippen LogP contribution in [0, 0.1) is 0 Å². The van der Waals surface area contributed by atoms with Gasteiger partial charge in [0.2, 0.25) is 0 Å². The largest absolute Gasteiger partial charge is 0.289 e. The molecular formula is C18H12O. The first kappa shape index (κ1) is 10.5. The van der Waals surface area contributed by atoms with Crippen LogP contribution < -0.4 is 0 Å². The summed E-state index contributed by atoms with van der Waals surface area (Å²) >= 11 is 0. The van der Waals surface area contributed by atoms with Gasteiger partial charge in [-0.3, -0.25) is 4.79 Å². The van der Waals surface area contributed by atoms with E-state index in [1.54, 1.807) is 0 Å². The summed E-state index contributed by atoms with van der Waals surface area (Å²) in [6, 6.07) is 12.3. The highest BCUT2D eigenvalue weighted by Crippen LogP contribution is 2.34. The molecule has 2 aliphatic carbocycles. The van der Waals surface area contributed by atoms with Crippen molar-refractivity contribution in [2.45, 2.75) is 6.42 Å². The van der Waals surface area contributed by atoms with E-state index in [4.69, 9.17) is 0 Å². The number of carbonyl (C=O) groups excluding carboxylic acids is 1. The van der Waals surface area contributed by atoms with Crippen molar-refractivity contribution < 1.29 is 4.79 Å². The van der Waals surface area contributed by atoms with Crippen LogP contribution in [0.2, 0.25) is 0 Å². The van der Waals surface area contributed by atoms with E-state index in [0.717, 1.165) is 34.1 Å². The van der Waals surface area contributed by atoms with Crippen LogP contribution in [0.1, 0.15) is 22.3 Å². The molecule has 0 saturated heterocycles. The van der Waals surface area contributed by atoms with Crippen molar-refractivity contribution >= 4 is 22.6 Å². The Morgan fingerprint density at radius 1 is 1.00 bits per heavy atom. The molecule has 2 aliphatic rings. The molecule has 0 unspecified atom stereocenters. The molecule has 0 fully saturated rings. The Bertz CT molecular complexity index is 804. The minimum absolute atomic E-state index is 0.155. The van der Waals surface area contributed by atoms with Crippen molar-refractivity contribution in [2.24, 2.45) is 0 Å². The molecule has 2 aromatic rings. The molecule has 1 heteroatoms. The van der Waals surface area contributed by atoms with Gasteiger partial charge < -0.3 is 0 Å². The Hall–Kier alpha value is -2.41. The van der Waals surface area contributed by atoms with Crippen molar-refractivity contribution in [2.75, 3.05) is 0 Å². The molecule has 0 bridgehead atoms. The minimum Gasteiger partial charge on any atom is -0.289 e. The van der Waals surface area contributed by atoms with E-state index in [2.05, 4.69) is 30.4 Å². The number of hydrogen-bond acceptors (Lipinski definition) is 1. The number of ketones is 1. The maximum absolute atomic E-state index is 12.6. The van der Waals surface area contributed by atoms with Crippen molar-refractivity contribution in [1.29, 1.82) is 0 Å². The van der Waals surface area contributed by atoms with E-state index < -0.39 is 0 Å². The van der Waals surface area contributed by atoms with Crippen LogP contribution in [0.25, 0.3) is 16.8 Å². The van der Waals surface area contributed by atoms with Crippen LogP contribution in [0.5, 0.6) is 0 Å². The summed E-state index contributed by atoms with van der Waals surface area (Å²) in [4.78, 5) is 12.6. The highest BCUT2D eigenvalue weighted by atomic mass is 16.1. The standard InChI is InChI=1S/C18H12O/c19-18-16-8-4-3-7-14(16)10-15-9-12-5-1-2-6-13(12)11-17(15)18/h1-6,8-11H,7H2. The summed E-state index contributed by atoms with van der Waals surface area (Å²) in [7, 11) is 0. The molecule has 0 radical (unpaired) electrons. The highest BCUT2D eigenvalue weighted by molar-refractivity contribution is 6.18. The Balaban J connectivity index is 2.03. The lowest BCUT2D eigenvalue weighted by Gasteiger charge is -2.20. The Labute approximate surface area is 111 Å². The van der Waals surface area contributed by atoms with E-state index in [0.29, 0.717) is 0 Å². The molecule has 0 spiro atoms. The average molecular weight is 244 g/mol. The zero-order valence-corrected chi connectivity index (χ0v) is 10.4. The van der Waals surface area contributed by atoms with Gasteiger partial charge in [0.25, 0.3) is 0 Å². The van der Waals surface area contributed by atoms with Crippen LogP contribution >= 0.6 is 0 Å². The van der Waals surface area contributed by atoms with Gasteiger partial charge in [-0.2, -0.15) is 0 Å². The lowest BCUT2D eigenvalue weighted by atomic mass is 9.82. The number of allylic oxidation sites excluding steroid dienone is 5. The van der Waals surface area contributed by atoms with E-state index in [-0.39, 0.29) is 5.78 Å². The fourth-order valence-electron chi connectivity index (χ4n) is 2.84. The SMILES string of the molecule is O=C1C2=CC=CCC2=Cc2cc3ccccc3cc21. The van der Waals surface area contributed by atoms with Gasteiger partial charge >= 0.3 is 0 Å². The Kier molecular flexibility index (Phi) is 2.10. The zero-order valence-electron chi connectivity index (χ0n) is 10.4. The molecule has 0 heterocycles. The van der Waals surface area contributed by atoms with Crippen molar-refractivity contribution in [1.82, 2.24) is 0 Å². The normalized spacial score (nSPS) is 16.7. The van der Waals surface area contributed by atoms with Crippen LogP contribution in [0.15, 0.2) is 65.8 Å². The summed E-state index contributed by atoms with van der Waals surface area (Å²) in [5.74, 6) is 0.155. The van der Waals surface area contributed by atoms with Crippen LogP contribution in [0.3, 0.4) is 0 Å². The molecular weight excluding hydrogens is 232 g/mol. The fraction of sp³-hybridized carbons (Fsp3) is 0.0556. The second kappa shape index (κ2) is 3.79. The number of carbonyl (C=O) groups is 1. The first-order valence-electron chi connectivity index (χ1n) is 6.48. The maximum Gasteiger partial charge on any atom is 0.193 e. The molecule has 0 aromatic heterocycles. The number of benzene rings is 2. The maximum atomic E-state index is 12.6. The first-order chi connectivity index (χ1) is 9.33. The molecule has 1 nitrogen and oxygen atoms in total. The van der Waals surface area contributed by atoms with Crippen molar-refractivity contribution in [3.05, 3.63) is 76.9 Å². The predicted molar refractivity (Wildman–Crippen MR) is 78.1 cm³/mol. The Morgan fingerprint density at radius 2 is 1.79 bits per heavy atom. The zero-order chi connectivity index (χ0) is 12.8. The van der Waals surface area contributed by atoms with Crippen LogP contribution in [0.4, 0.5) is 0 Å². The summed E-state index contributed by atoms with van der Waals surface area (Å²) in [6.07, 6.45) is 8.99. The van der Waals surface area contributed by atoms with E-state index in [9.17, 15) is 4.79 Å². The van der Waals surface area contributed by atoms with Gasteiger partial charge in [-0.05, 0) is 46.5 Å². The summed E-state index contributed by atoms with van der Waals surface area (Å²) in [5.41, 5.74) is 3.86. The molecule has 0 N–H and O–H groups in total. The van der Waals surface area contributed by atoms with Gasteiger partial charge in [-0.25, -0.2) is 0 Å². The summed E-state index contributed by atoms with van der Waals surface area (Å²) in [6.45, 7) is 0. The summed E-state index contributed by atoms with van der Waals surface area (Å²) < 4.78 is 0. The number of hydrogen-bond donors (Lipinski definition) is 0. The van der Waals surface area contributed by atoms with Crippen LogP contribution in [-0.2, 0) is 0 Å². The van der Waals surface area contributed by atoms with Crippen LogP contribution in [-0.4, -0.2) is 5.78 Å². The predicted octanol–water partition coefficient (Wildman–Crippen LogP) is 4.31. The highest BCUT2D eigenvalue weighted by Gasteiger charge is 2.24. The van der Waals surface area contributed by atoms with Gasteiger partial charge in [0.05, 0.1) is 0 Å². The third-order valence-corrected chi connectivity index (χ3v) is 3.82. The van der Waals surface area contributed by atoms with Gasteiger partial charge in [0.1, 0.15) is 0 Å². The number of rotatable bonds is 0. The van der Waals surface area contributed by atoms with E-state index >= 15 is 0 Å². The average Bonchev–Trinajstić information content (AvgIpc) is 2.46. The van der Waals surface area contributed by atoms with E-state index in [1.807, 2.05) is 30.4 Å². The van der Waals surface area contributed by atoms with Gasteiger partial charge in [-0.1, -0.05) is 42.5 Å². The van der Waals surface area contributed by atoms with Gasteiger partial charge in [0.15, 0.2) is 5.78 Å². The second-order valence-corrected chi connectivity index (χ2v) is 5.00. The molecule has 0 saturated carbocycles. The molecule has 90 valence electrons.